The Labute approximate surface area is 96.6 Å². The van der Waals surface area contributed by atoms with Crippen molar-refractivity contribution in [1.82, 2.24) is 9.78 Å². The van der Waals surface area contributed by atoms with E-state index in [1.165, 1.54) is 7.05 Å². The minimum absolute atomic E-state index is 0.0415. The third-order valence-corrected chi connectivity index (χ3v) is 1.71. The molecule has 0 unspecified atom stereocenters. The fraction of sp³-hybridized carbons (Fsp3) is 0.444. The molecule has 0 bridgehead atoms. The van der Waals surface area contributed by atoms with Crippen molar-refractivity contribution in [2.45, 2.75) is 20.0 Å². The number of aryl methyl sites for hydroxylation is 1. The normalized spacial score (nSPS) is 11.8. The van der Waals surface area contributed by atoms with Gasteiger partial charge >= 0.3 is 6.18 Å². The van der Waals surface area contributed by atoms with Crippen molar-refractivity contribution in [1.29, 1.82) is 5.41 Å². The number of halogens is 3. The second kappa shape index (κ2) is 6.02. The Bertz CT molecular complexity index is 405. The van der Waals surface area contributed by atoms with Crippen LogP contribution in [0.3, 0.4) is 0 Å². The monoisotopic (exact) mass is 249 g/mol. The minimum Gasteiger partial charge on any atom is -0.323 e. The summed E-state index contributed by atoms with van der Waals surface area (Å²) >= 11 is 0. The molecule has 0 aromatic carbocycles. The number of hydrogen-bond donors (Lipinski definition) is 2. The third-order valence-electron chi connectivity index (χ3n) is 1.71. The zero-order valence-electron chi connectivity index (χ0n) is 9.71. The van der Waals surface area contributed by atoms with E-state index in [1.54, 1.807) is 0 Å². The van der Waals surface area contributed by atoms with Crippen LogP contribution < -0.4 is 5.84 Å². The lowest BCUT2D eigenvalue weighted by Gasteiger charge is -1.98. The van der Waals surface area contributed by atoms with Crippen LogP contribution >= 0.6 is 0 Å². The van der Waals surface area contributed by atoms with E-state index in [0.29, 0.717) is 0 Å². The van der Waals surface area contributed by atoms with Gasteiger partial charge in [-0.15, -0.1) is 0 Å². The number of nitrogens with two attached hydrogens (primary N) is 1. The van der Waals surface area contributed by atoms with Crippen molar-refractivity contribution in [3.05, 3.63) is 17.5 Å². The van der Waals surface area contributed by atoms with Crippen LogP contribution in [0.2, 0.25) is 0 Å². The Morgan fingerprint density at radius 3 is 2.35 bits per heavy atom. The fourth-order valence-corrected chi connectivity index (χ4v) is 1.02. The van der Waals surface area contributed by atoms with Crippen molar-refractivity contribution in [2.24, 2.45) is 18.0 Å². The Morgan fingerprint density at radius 1 is 1.53 bits per heavy atom. The van der Waals surface area contributed by atoms with Gasteiger partial charge in [-0.2, -0.15) is 23.4 Å². The number of alkyl halides is 3. The topological polar surface area (TPSA) is 80.0 Å². The lowest BCUT2D eigenvalue weighted by atomic mass is 10.2. The molecule has 0 saturated carbocycles. The molecule has 0 aliphatic rings. The summed E-state index contributed by atoms with van der Waals surface area (Å²) < 4.78 is 37.7. The van der Waals surface area contributed by atoms with Gasteiger partial charge in [-0.25, -0.2) is 0 Å². The highest BCUT2D eigenvalue weighted by molar-refractivity contribution is 6.36. The molecular formula is C9H14F3N5. The quantitative estimate of drug-likeness (QED) is 0.476. The molecule has 1 aromatic heterocycles. The Morgan fingerprint density at radius 2 is 2.06 bits per heavy atom. The van der Waals surface area contributed by atoms with Gasteiger partial charge in [0.2, 0.25) is 0 Å². The molecule has 1 heterocycles. The molecule has 3 N–H and O–H groups in total. The van der Waals surface area contributed by atoms with Crippen LogP contribution in [0.5, 0.6) is 0 Å². The summed E-state index contributed by atoms with van der Waals surface area (Å²) in [6, 6.07) is 0.788. The molecule has 0 amide bonds. The lowest BCUT2D eigenvalue weighted by molar-refractivity contribution is -0.141. The van der Waals surface area contributed by atoms with E-state index in [-0.39, 0.29) is 11.4 Å². The molecule has 0 aliphatic carbocycles. The number of aromatic nitrogens is 2. The number of nitrogens with zero attached hydrogens (tertiary/aromatic N) is 3. The number of hydrazone groups is 1. The van der Waals surface area contributed by atoms with Crippen molar-refractivity contribution in [2.75, 3.05) is 0 Å². The molecule has 5 nitrogen and oxygen atoms in total. The van der Waals surface area contributed by atoms with Crippen LogP contribution in [0.1, 0.15) is 25.2 Å². The van der Waals surface area contributed by atoms with Crippen molar-refractivity contribution < 1.29 is 13.2 Å². The van der Waals surface area contributed by atoms with Crippen LogP contribution in [-0.2, 0) is 13.2 Å². The molecule has 0 fully saturated rings. The summed E-state index contributed by atoms with van der Waals surface area (Å²) in [5, 5.41) is 13.3. The SMILES string of the molecule is CC.Cn1nc(C(F)(F)F)cc1/C(C=N)=N/N. The molecule has 0 atom stereocenters. The molecule has 0 aliphatic heterocycles. The largest absolute Gasteiger partial charge is 0.435 e. The highest BCUT2D eigenvalue weighted by Gasteiger charge is 2.34. The maximum atomic E-state index is 12.2. The van der Waals surface area contributed by atoms with E-state index in [0.717, 1.165) is 17.0 Å². The highest BCUT2D eigenvalue weighted by atomic mass is 19.4. The lowest BCUT2D eigenvalue weighted by Crippen LogP contribution is -2.10. The van der Waals surface area contributed by atoms with E-state index >= 15 is 0 Å². The second-order valence-electron chi connectivity index (χ2n) is 2.69. The summed E-state index contributed by atoms with van der Waals surface area (Å²) in [7, 11) is 1.32. The number of hydrogen-bond acceptors (Lipinski definition) is 4. The fourth-order valence-electron chi connectivity index (χ4n) is 1.02. The van der Waals surface area contributed by atoms with Gasteiger partial charge in [0.05, 0.1) is 5.69 Å². The smallest absolute Gasteiger partial charge is 0.323 e. The first-order chi connectivity index (χ1) is 7.90. The first kappa shape index (κ1) is 15.1. The summed E-state index contributed by atoms with van der Waals surface area (Å²) in [6.45, 7) is 4.00. The van der Waals surface area contributed by atoms with Crippen molar-refractivity contribution in [3.63, 3.8) is 0 Å². The van der Waals surface area contributed by atoms with Crippen LogP contribution in [0.4, 0.5) is 13.2 Å². The first-order valence-electron chi connectivity index (χ1n) is 4.80. The molecule has 96 valence electrons. The van der Waals surface area contributed by atoms with E-state index in [2.05, 4.69) is 10.2 Å². The van der Waals surface area contributed by atoms with Gasteiger partial charge < -0.3 is 11.3 Å². The number of nitrogens with one attached hydrogen (secondary N) is 1. The Hall–Kier alpha value is -1.86. The molecule has 0 saturated heterocycles. The zero-order chi connectivity index (χ0) is 13.6. The average Bonchev–Trinajstić information content (AvgIpc) is 2.66. The molecule has 1 rings (SSSR count). The predicted octanol–water partition coefficient (Wildman–Crippen LogP) is 1.78. The molecule has 0 spiro atoms. The first-order valence-corrected chi connectivity index (χ1v) is 4.80. The Kier molecular flexibility index (Phi) is 5.36. The number of rotatable bonds is 2. The van der Waals surface area contributed by atoms with Crippen LogP contribution in [0.15, 0.2) is 11.2 Å². The summed E-state index contributed by atoms with van der Waals surface area (Å²) in [4.78, 5) is 0. The standard InChI is InChI=1S/C7H8F3N5.C2H6/c1-15-5(4(3-11)13-12)2-6(14-15)7(8,9)10;1-2/h2-3,11H,12H2,1H3;1-2H3/b11-3?,13-4+;. The van der Waals surface area contributed by atoms with Gasteiger partial charge in [0.1, 0.15) is 5.71 Å². The molecule has 8 heteroatoms. The van der Waals surface area contributed by atoms with Gasteiger partial charge in [-0.3, -0.25) is 4.68 Å². The zero-order valence-corrected chi connectivity index (χ0v) is 9.71. The minimum atomic E-state index is -4.52. The maximum Gasteiger partial charge on any atom is 0.435 e. The van der Waals surface area contributed by atoms with Gasteiger partial charge in [0.25, 0.3) is 0 Å². The summed E-state index contributed by atoms with van der Waals surface area (Å²) in [5.74, 6) is 4.92. The van der Waals surface area contributed by atoms with Crippen LogP contribution in [-0.4, -0.2) is 21.7 Å². The van der Waals surface area contributed by atoms with E-state index < -0.39 is 11.9 Å². The van der Waals surface area contributed by atoms with E-state index in [9.17, 15) is 13.2 Å². The van der Waals surface area contributed by atoms with Crippen molar-refractivity contribution >= 4 is 11.9 Å². The van der Waals surface area contributed by atoms with Gasteiger partial charge in [0.15, 0.2) is 5.69 Å². The van der Waals surface area contributed by atoms with E-state index in [1.807, 2.05) is 13.8 Å². The van der Waals surface area contributed by atoms with Gasteiger partial charge in [0, 0.05) is 13.3 Å². The second-order valence-corrected chi connectivity index (χ2v) is 2.69. The molecule has 1 aromatic rings. The van der Waals surface area contributed by atoms with Crippen molar-refractivity contribution in [3.8, 4) is 0 Å². The highest BCUT2D eigenvalue weighted by Crippen LogP contribution is 2.28. The maximum absolute atomic E-state index is 12.2. The molecular weight excluding hydrogens is 235 g/mol. The summed E-state index contributed by atoms with van der Waals surface area (Å²) in [6.07, 6.45) is -3.76. The average molecular weight is 249 g/mol. The van der Waals surface area contributed by atoms with Crippen LogP contribution in [0.25, 0.3) is 0 Å². The van der Waals surface area contributed by atoms with Crippen LogP contribution in [0, 0.1) is 5.41 Å². The van der Waals surface area contributed by atoms with E-state index in [4.69, 9.17) is 11.3 Å². The van der Waals surface area contributed by atoms with Gasteiger partial charge in [-0.05, 0) is 6.07 Å². The Balaban J connectivity index is 0.00000121. The summed E-state index contributed by atoms with van der Waals surface area (Å²) in [5.41, 5.74) is -1.07. The molecule has 0 radical (unpaired) electrons. The molecule has 17 heavy (non-hydrogen) atoms. The predicted molar refractivity (Wildman–Crippen MR) is 59.1 cm³/mol. The third kappa shape index (κ3) is 3.58. The van der Waals surface area contributed by atoms with Gasteiger partial charge in [-0.1, -0.05) is 13.8 Å².